The second-order valence-electron chi connectivity index (χ2n) is 3.56. The van der Waals surface area contributed by atoms with Crippen LogP contribution in [0.4, 0.5) is 0 Å². The van der Waals surface area contributed by atoms with Crippen LogP contribution in [0.15, 0.2) is 0 Å². The molecule has 0 unspecified atom stereocenters. The van der Waals surface area contributed by atoms with Crippen LogP contribution in [0.5, 0.6) is 0 Å². The molecular weight excluding hydrogens is 217 g/mol. The van der Waals surface area contributed by atoms with Crippen LogP contribution in [-0.4, -0.2) is 19.0 Å². The minimum absolute atomic E-state index is 0. The molecule has 0 aromatic heterocycles. The lowest BCUT2D eigenvalue weighted by Gasteiger charge is -2.02. The summed E-state index contributed by atoms with van der Waals surface area (Å²) in [5.41, 5.74) is 0. The first-order chi connectivity index (χ1) is 6.41. The second kappa shape index (κ2) is 16.0. The van der Waals surface area contributed by atoms with Crippen molar-refractivity contribution in [3.05, 3.63) is 0 Å². The molecule has 0 aliphatic carbocycles. The Bertz CT molecular complexity index is 79.4. The lowest BCUT2D eigenvalue weighted by Crippen LogP contribution is -2.16. The van der Waals surface area contributed by atoms with Crippen LogP contribution in [0.3, 0.4) is 0 Å². The summed E-state index contributed by atoms with van der Waals surface area (Å²) in [7, 11) is 0. The smallest absolute Gasteiger partial charge is 0.0235 e. The Balaban J connectivity index is 0. The van der Waals surface area contributed by atoms with Gasteiger partial charge in [0.2, 0.25) is 0 Å². The van der Waals surface area contributed by atoms with Gasteiger partial charge in [0.1, 0.15) is 0 Å². The van der Waals surface area contributed by atoms with Crippen LogP contribution in [-0.2, 0) is 0 Å². The maximum atomic E-state index is 5.56. The summed E-state index contributed by atoms with van der Waals surface area (Å²) in [5.74, 6) is 0.781. The standard InChI is InChI=1S/C11H24ClN.ClH/c1-2-3-4-5-6-7-10-13-11-8-9-12;/h13H,2-11H2,1H3;1H. The van der Waals surface area contributed by atoms with Crippen LogP contribution < -0.4 is 5.32 Å². The minimum atomic E-state index is 0. The van der Waals surface area contributed by atoms with E-state index < -0.39 is 0 Å². The number of rotatable bonds is 10. The second-order valence-corrected chi connectivity index (χ2v) is 3.94. The van der Waals surface area contributed by atoms with Crippen LogP contribution in [0, 0.1) is 0 Å². The lowest BCUT2D eigenvalue weighted by atomic mass is 10.1. The van der Waals surface area contributed by atoms with Crippen LogP contribution >= 0.6 is 24.0 Å². The first kappa shape index (κ1) is 17.0. The van der Waals surface area contributed by atoms with E-state index in [1.807, 2.05) is 0 Å². The lowest BCUT2D eigenvalue weighted by molar-refractivity contribution is 0.571. The van der Waals surface area contributed by atoms with Gasteiger partial charge in [-0.15, -0.1) is 24.0 Å². The van der Waals surface area contributed by atoms with E-state index in [4.69, 9.17) is 11.6 Å². The molecule has 0 spiro atoms. The molecule has 0 aromatic rings. The van der Waals surface area contributed by atoms with E-state index in [1.165, 1.54) is 45.1 Å². The van der Waals surface area contributed by atoms with Crippen molar-refractivity contribution in [3.63, 3.8) is 0 Å². The number of halogens is 2. The van der Waals surface area contributed by atoms with E-state index >= 15 is 0 Å². The van der Waals surface area contributed by atoms with E-state index in [0.29, 0.717) is 0 Å². The molecule has 0 saturated heterocycles. The number of hydrogen-bond donors (Lipinski definition) is 1. The van der Waals surface area contributed by atoms with E-state index in [-0.39, 0.29) is 12.4 Å². The van der Waals surface area contributed by atoms with Gasteiger partial charge in [0, 0.05) is 5.88 Å². The molecule has 3 heteroatoms. The van der Waals surface area contributed by atoms with Crippen molar-refractivity contribution in [1.29, 1.82) is 0 Å². The third-order valence-electron chi connectivity index (χ3n) is 2.19. The summed E-state index contributed by atoms with van der Waals surface area (Å²) < 4.78 is 0. The fourth-order valence-electron chi connectivity index (χ4n) is 1.35. The van der Waals surface area contributed by atoms with Crippen molar-refractivity contribution in [2.24, 2.45) is 0 Å². The molecule has 88 valence electrons. The molecule has 0 rings (SSSR count). The van der Waals surface area contributed by atoms with Crippen LogP contribution in [0.25, 0.3) is 0 Å². The highest BCUT2D eigenvalue weighted by Crippen LogP contribution is 2.03. The van der Waals surface area contributed by atoms with Gasteiger partial charge in [0.05, 0.1) is 0 Å². The van der Waals surface area contributed by atoms with Gasteiger partial charge in [-0.05, 0) is 25.9 Å². The van der Waals surface area contributed by atoms with Crippen molar-refractivity contribution in [2.45, 2.75) is 51.9 Å². The van der Waals surface area contributed by atoms with E-state index in [0.717, 1.165) is 18.8 Å². The molecule has 1 nitrogen and oxygen atoms in total. The van der Waals surface area contributed by atoms with Crippen molar-refractivity contribution in [3.8, 4) is 0 Å². The van der Waals surface area contributed by atoms with Gasteiger partial charge in [-0.3, -0.25) is 0 Å². The van der Waals surface area contributed by atoms with Crippen molar-refractivity contribution in [1.82, 2.24) is 5.32 Å². The van der Waals surface area contributed by atoms with Crippen molar-refractivity contribution < 1.29 is 0 Å². The molecule has 14 heavy (non-hydrogen) atoms. The topological polar surface area (TPSA) is 12.0 Å². The van der Waals surface area contributed by atoms with Gasteiger partial charge < -0.3 is 5.32 Å². The zero-order valence-corrected chi connectivity index (χ0v) is 10.9. The molecule has 0 saturated carbocycles. The predicted molar refractivity (Wildman–Crippen MR) is 68.8 cm³/mol. The Morgan fingerprint density at radius 2 is 1.43 bits per heavy atom. The summed E-state index contributed by atoms with van der Waals surface area (Å²) in [6, 6.07) is 0. The summed E-state index contributed by atoms with van der Waals surface area (Å²) >= 11 is 5.56. The van der Waals surface area contributed by atoms with Gasteiger partial charge in [0.15, 0.2) is 0 Å². The molecule has 0 atom stereocenters. The molecule has 0 aromatic carbocycles. The monoisotopic (exact) mass is 241 g/mol. The minimum Gasteiger partial charge on any atom is -0.317 e. The molecule has 0 fully saturated rings. The predicted octanol–water partition coefficient (Wildman–Crippen LogP) is 3.99. The van der Waals surface area contributed by atoms with Gasteiger partial charge in [-0.25, -0.2) is 0 Å². The quantitative estimate of drug-likeness (QED) is 0.451. The molecular formula is C11H25Cl2N. The third kappa shape index (κ3) is 15.0. The Kier molecular flexibility index (Phi) is 19.4. The van der Waals surface area contributed by atoms with Gasteiger partial charge in [-0.1, -0.05) is 39.0 Å². The summed E-state index contributed by atoms with van der Waals surface area (Å²) in [5, 5.41) is 3.39. The zero-order chi connectivity index (χ0) is 9.78. The molecule has 0 aliphatic rings. The highest BCUT2D eigenvalue weighted by molar-refractivity contribution is 6.17. The molecule has 0 amide bonds. The van der Waals surface area contributed by atoms with Crippen molar-refractivity contribution >= 4 is 24.0 Å². The molecule has 0 aliphatic heterocycles. The highest BCUT2D eigenvalue weighted by Gasteiger charge is 1.89. The molecule has 1 N–H and O–H groups in total. The number of unbranched alkanes of at least 4 members (excludes halogenated alkanes) is 5. The maximum absolute atomic E-state index is 5.56. The number of alkyl halides is 1. The van der Waals surface area contributed by atoms with Gasteiger partial charge in [-0.2, -0.15) is 0 Å². The number of hydrogen-bond acceptors (Lipinski definition) is 1. The Morgan fingerprint density at radius 1 is 0.857 bits per heavy atom. The Labute approximate surface area is 100 Å². The zero-order valence-electron chi connectivity index (χ0n) is 9.36. The first-order valence-electron chi connectivity index (χ1n) is 5.68. The van der Waals surface area contributed by atoms with Crippen LogP contribution in [0.2, 0.25) is 0 Å². The van der Waals surface area contributed by atoms with Gasteiger partial charge in [0.25, 0.3) is 0 Å². The van der Waals surface area contributed by atoms with Crippen molar-refractivity contribution in [2.75, 3.05) is 19.0 Å². The summed E-state index contributed by atoms with van der Waals surface area (Å²) in [6.07, 6.45) is 9.37. The third-order valence-corrected chi connectivity index (χ3v) is 2.46. The fourth-order valence-corrected chi connectivity index (χ4v) is 1.48. The first-order valence-corrected chi connectivity index (χ1v) is 6.22. The molecule has 0 bridgehead atoms. The normalized spacial score (nSPS) is 9.86. The van der Waals surface area contributed by atoms with Crippen LogP contribution in [0.1, 0.15) is 51.9 Å². The largest absolute Gasteiger partial charge is 0.317 e. The fraction of sp³-hybridized carbons (Fsp3) is 1.00. The van der Waals surface area contributed by atoms with Gasteiger partial charge >= 0.3 is 0 Å². The van der Waals surface area contributed by atoms with E-state index in [1.54, 1.807) is 0 Å². The summed E-state index contributed by atoms with van der Waals surface area (Å²) in [6.45, 7) is 4.51. The Hall–Kier alpha value is 0.540. The highest BCUT2D eigenvalue weighted by atomic mass is 35.5. The average molecular weight is 242 g/mol. The van der Waals surface area contributed by atoms with E-state index in [9.17, 15) is 0 Å². The number of nitrogens with one attached hydrogen (secondary N) is 1. The average Bonchev–Trinajstić information content (AvgIpc) is 2.16. The molecule has 0 radical (unpaired) electrons. The summed E-state index contributed by atoms with van der Waals surface area (Å²) in [4.78, 5) is 0. The molecule has 0 heterocycles. The Morgan fingerprint density at radius 3 is 2.07 bits per heavy atom. The SMILES string of the molecule is CCCCCCCCNCCCCl.Cl. The maximum Gasteiger partial charge on any atom is 0.0235 e. The van der Waals surface area contributed by atoms with E-state index in [2.05, 4.69) is 12.2 Å².